The SMILES string of the molecule is CCCCCn1c(C#N)cc(N)c1CCC. The van der Waals surface area contributed by atoms with Crippen molar-refractivity contribution in [2.45, 2.75) is 52.5 Å². The Morgan fingerprint density at radius 2 is 2.06 bits per heavy atom. The van der Waals surface area contributed by atoms with Gasteiger partial charge in [0.1, 0.15) is 11.8 Å². The molecule has 1 heterocycles. The number of rotatable bonds is 6. The zero-order valence-corrected chi connectivity index (χ0v) is 10.3. The molecule has 2 N–H and O–H groups in total. The Morgan fingerprint density at radius 1 is 1.31 bits per heavy atom. The van der Waals surface area contributed by atoms with Crippen LogP contribution in [0, 0.1) is 11.3 Å². The van der Waals surface area contributed by atoms with Gasteiger partial charge in [-0.2, -0.15) is 5.26 Å². The summed E-state index contributed by atoms with van der Waals surface area (Å²) in [6, 6.07) is 4.03. The summed E-state index contributed by atoms with van der Waals surface area (Å²) in [4.78, 5) is 0. The van der Waals surface area contributed by atoms with Crippen LogP contribution in [0.3, 0.4) is 0 Å². The molecule has 0 aliphatic rings. The van der Waals surface area contributed by atoms with Gasteiger partial charge in [0.15, 0.2) is 0 Å². The predicted octanol–water partition coefficient (Wildman–Crippen LogP) is 3.08. The number of nitrogen functional groups attached to an aromatic ring is 1. The Labute approximate surface area is 97.9 Å². The van der Waals surface area contributed by atoms with Gasteiger partial charge in [-0.25, -0.2) is 0 Å². The summed E-state index contributed by atoms with van der Waals surface area (Å²) in [6.07, 6.45) is 5.54. The number of hydrogen-bond acceptors (Lipinski definition) is 2. The normalized spacial score (nSPS) is 10.3. The standard InChI is InChI=1S/C13H21N3/c1-3-5-6-8-16-11(10-14)9-12(15)13(16)7-4-2/h9H,3-8,15H2,1-2H3. The minimum absolute atomic E-state index is 0.706. The summed E-state index contributed by atoms with van der Waals surface area (Å²) in [5.41, 5.74) is 8.55. The maximum Gasteiger partial charge on any atom is 0.122 e. The molecule has 1 aromatic rings. The van der Waals surface area contributed by atoms with E-state index in [1.807, 2.05) is 0 Å². The van der Waals surface area contributed by atoms with Crippen molar-refractivity contribution in [2.24, 2.45) is 0 Å². The lowest BCUT2D eigenvalue weighted by atomic mass is 10.2. The van der Waals surface area contributed by atoms with Gasteiger partial charge in [0, 0.05) is 12.2 Å². The van der Waals surface area contributed by atoms with Crippen molar-refractivity contribution < 1.29 is 0 Å². The van der Waals surface area contributed by atoms with E-state index in [4.69, 9.17) is 11.0 Å². The molecule has 16 heavy (non-hydrogen) atoms. The third-order valence-electron chi connectivity index (χ3n) is 2.83. The summed E-state index contributed by atoms with van der Waals surface area (Å²) in [5, 5.41) is 9.05. The fourth-order valence-electron chi connectivity index (χ4n) is 1.99. The molecule has 0 aliphatic carbocycles. The first-order chi connectivity index (χ1) is 7.74. The van der Waals surface area contributed by atoms with E-state index in [-0.39, 0.29) is 0 Å². The smallest absolute Gasteiger partial charge is 0.122 e. The number of anilines is 1. The van der Waals surface area contributed by atoms with Crippen LogP contribution in [0.1, 0.15) is 50.9 Å². The molecule has 1 rings (SSSR count). The van der Waals surface area contributed by atoms with E-state index < -0.39 is 0 Å². The van der Waals surface area contributed by atoms with E-state index in [0.29, 0.717) is 5.69 Å². The van der Waals surface area contributed by atoms with Crippen LogP contribution in [0.15, 0.2) is 6.07 Å². The molecule has 0 amide bonds. The van der Waals surface area contributed by atoms with Gasteiger partial charge in [-0.3, -0.25) is 0 Å². The maximum atomic E-state index is 9.05. The second kappa shape index (κ2) is 6.22. The average Bonchev–Trinajstić information content (AvgIpc) is 2.58. The number of nitriles is 1. The fourth-order valence-corrected chi connectivity index (χ4v) is 1.99. The molecule has 0 spiro atoms. The lowest BCUT2D eigenvalue weighted by Gasteiger charge is -2.10. The van der Waals surface area contributed by atoms with Crippen molar-refractivity contribution in [3.05, 3.63) is 17.5 Å². The largest absolute Gasteiger partial charge is 0.397 e. The third-order valence-corrected chi connectivity index (χ3v) is 2.83. The Balaban J connectivity index is 2.88. The van der Waals surface area contributed by atoms with Gasteiger partial charge in [0.2, 0.25) is 0 Å². The minimum atomic E-state index is 0.706. The number of nitrogens with two attached hydrogens (primary N) is 1. The topological polar surface area (TPSA) is 54.7 Å². The van der Waals surface area contributed by atoms with Crippen molar-refractivity contribution in [2.75, 3.05) is 5.73 Å². The molecule has 0 fully saturated rings. The van der Waals surface area contributed by atoms with Gasteiger partial charge in [-0.15, -0.1) is 0 Å². The van der Waals surface area contributed by atoms with Crippen LogP contribution in [0.5, 0.6) is 0 Å². The molecule has 0 atom stereocenters. The van der Waals surface area contributed by atoms with Crippen LogP contribution < -0.4 is 5.73 Å². The van der Waals surface area contributed by atoms with Gasteiger partial charge >= 0.3 is 0 Å². The second-order valence-corrected chi connectivity index (χ2v) is 4.15. The van der Waals surface area contributed by atoms with Gasteiger partial charge in [0.05, 0.1) is 5.69 Å². The number of nitrogens with zero attached hydrogens (tertiary/aromatic N) is 2. The monoisotopic (exact) mass is 219 g/mol. The van der Waals surface area contributed by atoms with E-state index in [2.05, 4.69) is 24.5 Å². The molecule has 0 radical (unpaired) electrons. The summed E-state index contributed by atoms with van der Waals surface area (Å²) in [7, 11) is 0. The van der Waals surface area contributed by atoms with Crippen LogP contribution in [0.2, 0.25) is 0 Å². The van der Waals surface area contributed by atoms with E-state index in [1.54, 1.807) is 6.07 Å². The highest BCUT2D eigenvalue weighted by Crippen LogP contribution is 2.20. The molecule has 0 aromatic carbocycles. The van der Waals surface area contributed by atoms with Crippen molar-refractivity contribution in [3.8, 4) is 6.07 Å². The van der Waals surface area contributed by atoms with Gasteiger partial charge in [0.25, 0.3) is 0 Å². The Bertz CT molecular complexity index is 371. The number of aromatic nitrogens is 1. The van der Waals surface area contributed by atoms with Gasteiger partial charge in [-0.05, 0) is 18.9 Å². The molecule has 0 bridgehead atoms. The zero-order valence-electron chi connectivity index (χ0n) is 10.3. The molecule has 88 valence electrons. The maximum absolute atomic E-state index is 9.05. The molecule has 0 saturated heterocycles. The zero-order chi connectivity index (χ0) is 12.0. The Morgan fingerprint density at radius 3 is 2.62 bits per heavy atom. The molecular formula is C13H21N3. The van der Waals surface area contributed by atoms with E-state index >= 15 is 0 Å². The van der Waals surface area contributed by atoms with Crippen molar-refractivity contribution in [1.29, 1.82) is 5.26 Å². The highest BCUT2D eigenvalue weighted by Gasteiger charge is 2.11. The highest BCUT2D eigenvalue weighted by molar-refractivity contribution is 5.50. The highest BCUT2D eigenvalue weighted by atomic mass is 15.0. The van der Waals surface area contributed by atoms with Crippen LogP contribution in [-0.4, -0.2) is 4.57 Å². The van der Waals surface area contributed by atoms with E-state index in [1.165, 1.54) is 12.8 Å². The van der Waals surface area contributed by atoms with Crippen LogP contribution in [-0.2, 0) is 13.0 Å². The average molecular weight is 219 g/mol. The van der Waals surface area contributed by atoms with Crippen LogP contribution in [0.4, 0.5) is 5.69 Å². The molecule has 3 heteroatoms. The summed E-state index contributed by atoms with van der Waals surface area (Å²) in [5.74, 6) is 0. The Hall–Kier alpha value is -1.43. The predicted molar refractivity (Wildman–Crippen MR) is 67.1 cm³/mol. The first-order valence-corrected chi connectivity index (χ1v) is 6.12. The third kappa shape index (κ3) is 2.79. The molecule has 3 nitrogen and oxygen atoms in total. The lowest BCUT2D eigenvalue weighted by molar-refractivity contribution is 0.580. The van der Waals surface area contributed by atoms with Crippen LogP contribution >= 0.6 is 0 Å². The minimum Gasteiger partial charge on any atom is -0.397 e. The quantitative estimate of drug-likeness (QED) is 0.747. The molecular weight excluding hydrogens is 198 g/mol. The Kier molecular flexibility index (Phi) is 4.91. The van der Waals surface area contributed by atoms with Crippen molar-refractivity contribution in [3.63, 3.8) is 0 Å². The first-order valence-electron chi connectivity index (χ1n) is 6.12. The van der Waals surface area contributed by atoms with Gasteiger partial charge < -0.3 is 10.3 Å². The fraction of sp³-hybridized carbons (Fsp3) is 0.615. The second-order valence-electron chi connectivity index (χ2n) is 4.15. The van der Waals surface area contributed by atoms with E-state index in [0.717, 1.165) is 37.2 Å². The number of hydrogen-bond donors (Lipinski definition) is 1. The first kappa shape index (κ1) is 12.6. The van der Waals surface area contributed by atoms with Crippen molar-refractivity contribution in [1.82, 2.24) is 4.57 Å². The molecule has 0 saturated carbocycles. The van der Waals surface area contributed by atoms with Crippen LogP contribution in [0.25, 0.3) is 0 Å². The van der Waals surface area contributed by atoms with Gasteiger partial charge in [-0.1, -0.05) is 33.1 Å². The summed E-state index contributed by atoms with van der Waals surface area (Å²) in [6.45, 7) is 5.24. The van der Waals surface area contributed by atoms with Crippen molar-refractivity contribution >= 4 is 5.69 Å². The molecule has 0 unspecified atom stereocenters. The number of unbranched alkanes of at least 4 members (excludes halogenated alkanes) is 2. The summed E-state index contributed by atoms with van der Waals surface area (Å²) >= 11 is 0. The summed E-state index contributed by atoms with van der Waals surface area (Å²) < 4.78 is 2.09. The lowest BCUT2D eigenvalue weighted by Crippen LogP contribution is -2.06. The molecule has 1 aromatic heterocycles. The van der Waals surface area contributed by atoms with E-state index in [9.17, 15) is 0 Å². The molecule has 0 aliphatic heterocycles.